The second-order valence-electron chi connectivity index (χ2n) is 5.86. The van der Waals surface area contributed by atoms with Crippen molar-refractivity contribution in [1.29, 1.82) is 0 Å². The van der Waals surface area contributed by atoms with Gasteiger partial charge in [-0.15, -0.1) is 0 Å². The van der Waals surface area contributed by atoms with Crippen LogP contribution < -0.4 is 10.2 Å². The maximum Gasteiger partial charge on any atom is 0.271 e. The van der Waals surface area contributed by atoms with Gasteiger partial charge in [0.2, 0.25) is 0 Å². The Morgan fingerprint density at radius 2 is 1.88 bits per heavy atom. The van der Waals surface area contributed by atoms with Gasteiger partial charge in [0.25, 0.3) is 5.91 Å². The van der Waals surface area contributed by atoms with Gasteiger partial charge in [0, 0.05) is 5.56 Å². The van der Waals surface area contributed by atoms with Crippen molar-refractivity contribution < 1.29 is 13.9 Å². The van der Waals surface area contributed by atoms with Crippen molar-refractivity contribution in [3.63, 3.8) is 0 Å². The number of hydrogen-bond donors (Lipinski definition) is 1. The normalized spacial score (nSPS) is 10.9. The lowest BCUT2D eigenvalue weighted by atomic mass is 10.1. The summed E-state index contributed by atoms with van der Waals surface area (Å²) in [7, 11) is 0. The molecule has 0 aliphatic carbocycles. The average Bonchev–Trinajstić information content (AvgIpc) is 3.15. The third-order valence-corrected chi connectivity index (χ3v) is 3.78. The lowest BCUT2D eigenvalue weighted by molar-refractivity contribution is 0.0955. The Balaban J connectivity index is 1.67. The summed E-state index contributed by atoms with van der Waals surface area (Å²) in [4.78, 5) is 12.0. The lowest BCUT2D eigenvalue weighted by Crippen LogP contribution is -2.17. The summed E-state index contributed by atoms with van der Waals surface area (Å²) in [6, 6.07) is 10.6. The Hall–Kier alpha value is -2.56. The van der Waals surface area contributed by atoms with E-state index < -0.39 is 0 Å². The molecule has 0 aliphatic heterocycles. The van der Waals surface area contributed by atoms with E-state index in [1.165, 1.54) is 38.3 Å². The second-order valence-corrected chi connectivity index (χ2v) is 5.86. The Morgan fingerprint density at radius 1 is 1.12 bits per heavy atom. The van der Waals surface area contributed by atoms with Crippen LogP contribution in [0.1, 0.15) is 61.6 Å². The molecule has 0 fully saturated rings. The molecular weight excluding hydrogens is 316 g/mol. The van der Waals surface area contributed by atoms with E-state index in [2.05, 4.69) is 17.5 Å². The average molecular weight is 342 g/mol. The molecule has 2 aromatic rings. The first-order valence-electron chi connectivity index (χ1n) is 8.89. The van der Waals surface area contributed by atoms with Crippen LogP contribution >= 0.6 is 0 Å². The molecule has 1 heterocycles. The molecule has 1 aromatic heterocycles. The third kappa shape index (κ3) is 7.25. The minimum atomic E-state index is -0.273. The fraction of sp³-hybridized carbons (Fsp3) is 0.400. The number of rotatable bonds is 11. The van der Waals surface area contributed by atoms with E-state index in [9.17, 15) is 4.79 Å². The van der Waals surface area contributed by atoms with E-state index >= 15 is 0 Å². The van der Waals surface area contributed by atoms with Crippen LogP contribution in [0.15, 0.2) is 52.2 Å². The maximum absolute atomic E-state index is 12.0. The molecule has 0 bridgehead atoms. The molecule has 1 N–H and O–H groups in total. The highest BCUT2D eigenvalue weighted by Crippen LogP contribution is 2.13. The fourth-order valence-corrected chi connectivity index (χ4v) is 2.36. The summed E-state index contributed by atoms with van der Waals surface area (Å²) in [6.45, 7) is 2.93. The standard InChI is InChI=1S/C20H26N2O3/c1-2-3-4-5-6-7-14-24-18-12-10-17(11-13-18)20(23)22-21-16-19-9-8-15-25-19/h8-13,15-16H,2-7,14H2,1H3,(H,22,23)/b21-16-. The summed E-state index contributed by atoms with van der Waals surface area (Å²) >= 11 is 0. The minimum Gasteiger partial charge on any atom is -0.494 e. The summed E-state index contributed by atoms with van der Waals surface area (Å²) in [5, 5.41) is 3.85. The molecule has 0 atom stereocenters. The predicted octanol–water partition coefficient (Wildman–Crippen LogP) is 4.78. The fourth-order valence-electron chi connectivity index (χ4n) is 2.36. The van der Waals surface area contributed by atoms with Crippen LogP contribution in [0.5, 0.6) is 5.75 Å². The number of benzene rings is 1. The second kappa shape index (κ2) is 11.1. The quantitative estimate of drug-likeness (QED) is 0.363. The molecule has 0 saturated carbocycles. The van der Waals surface area contributed by atoms with Gasteiger partial charge in [-0.25, -0.2) is 5.43 Å². The van der Waals surface area contributed by atoms with E-state index in [1.807, 2.05) is 12.1 Å². The van der Waals surface area contributed by atoms with Crippen LogP contribution in [0, 0.1) is 0 Å². The van der Waals surface area contributed by atoms with Gasteiger partial charge in [-0.3, -0.25) is 4.79 Å². The first-order chi connectivity index (χ1) is 12.3. The van der Waals surface area contributed by atoms with Crippen molar-refractivity contribution in [3.05, 3.63) is 54.0 Å². The highest BCUT2D eigenvalue weighted by atomic mass is 16.5. The highest BCUT2D eigenvalue weighted by Gasteiger charge is 2.04. The number of unbranched alkanes of at least 4 members (excludes halogenated alkanes) is 5. The van der Waals surface area contributed by atoms with Gasteiger partial charge in [-0.1, -0.05) is 39.0 Å². The summed E-state index contributed by atoms with van der Waals surface area (Å²) in [5.74, 6) is 1.09. The molecule has 0 radical (unpaired) electrons. The van der Waals surface area contributed by atoms with Crippen LogP contribution in [0.3, 0.4) is 0 Å². The zero-order valence-corrected chi connectivity index (χ0v) is 14.7. The molecule has 0 aliphatic rings. The van der Waals surface area contributed by atoms with Crippen molar-refractivity contribution in [2.45, 2.75) is 45.4 Å². The molecule has 25 heavy (non-hydrogen) atoms. The van der Waals surface area contributed by atoms with E-state index in [-0.39, 0.29) is 5.91 Å². The maximum atomic E-state index is 12.0. The van der Waals surface area contributed by atoms with Crippen molar-refractivity contribution >= 4 is 12.1 Å². The SMILES string of the molecule is CCCCCCCCOc1ccc(C(=O)N/N=C\c2ccco2)cc1. The Bertz CT molecular complexity index is 633. The highest BCUT2D eigenvalue weighted by molar-refractivity contribution is 5.94. The number of carbonyl (C=O) groups is 1. The number of nitrogens with zero attached hydrogens (tertiary/aromatic N) is 1. The lowest BCUT2D eigenvalue weighted by Gasteiger charge is -2.07. The first-order valence-corrected chi connectivity index (χ1v) is 8.89. The number of hydrazone groups is 1. The van der Waals surface area contributed by atoms with Gasteiger partial charge in [-0.05, 0) is 42.8 Å². The molecule has 134 valence electrons. The zero-order valence-electron chi connectivity index (χ0n) is 14.7. The van der Waals surface area contributed by atoms with Gasteiger partial charge in [0.15, 0.2) is 0 Å². The molecular formula is C20H26N2O3. The molecule has 5 heteroatoms. The Kier molecular flexibility index (Phi) is 8.32. The van der Waals surface area contributed by atoms with E-state index in [1.54, 1.807) is 30.5 Å². The molecule has 5 nitrogen and oxygen atoms in total. The largest absolute Gasteiger partial charge is 0.494 e. The van der Waals surface area contributed by atoms with Crippen molar-refractivity contribution in [1.82, 2.24) is 5.43 Å². The number of carbonyl (C=O) groups excluding carboxylic acids is 1. The molecule has 0 unspecified atom stereocenters. The molecule has 1 aromatic carbocycles. The van der Waals surface area contributed by atoms with Gasteiger partial charge >= 0.3 is 0 Å². The molecule has 1 amide bonds. The number of hydrogen-bond acceptors (Lipinski definition) is 4. The Labute approximate surface area is 149 Å². The number of nitrogens with one attached hydrogen (secondary N) is 1. The van der Waals surface area contributed by atoms with Gasteiger partial charge in [0.1, 0.15) is 11.5 Å². The number of ether oxygens (including phenoxy) is 1. The van der Waals surface area contributed by atoms with Crippen LogP contribution in [0.4, 0.5) is 0 Å². The topological polar surface area (TPSA) is 63.8 Å². The van der Waals surface area contributed by atoms with Crippen LogP contribution in [0.25, 0.3) is 0 Å². The van der Waals surface area contributed by atoms with Gasteiger partial charge in [0.05, 0.1) is 19.1 Å². The van der Waals surface area contributed by atoms with Crippen molar-refractivity contribution in [3.8, 4) is 5.75 Å². The smallest absolute Gasteiger partial charge is 0.271 e. The monoisotopic (exact) mass is 342 g/mol. The van der Waals surface area contributed by atoms with Gasteiger partial charge < -0.3 is 9.15 Å². The van der Waals surface area contributed by atoms with E-state index in [4.69, 9.17) is 9.15 Å². The molecule has 0 saturated heterocycles. The van der Waals surface area contributed by atoms with Gasteiger partial charge in [-0.2, -0.15) is 5.10 Å². The number of amides is 1. The molecule has 2 rings (SSSR count). The third-order valence-electron chi connectivity index (χ3n) is 3.78. The van der Waals surface area contributed by atoms with Crippen LogP contribution in [-0.4, -0.2) is 18.7 Å². The summed E-state index contributed by atoms with van der Waals surface area (Å²) in [5.41, 5.74) is 2.99. The summed E-state index contributed by atoms with van der Waals surface area (Å²) in [6.07, 6.45) is 10.4. The van der Waals surface area contributed by atoms with Crippen molar-refractivity contribution in [2.75, 3.05) is 6.61 Å². The molecule has 0 spiro atoms. The summed E-state index contributed by atoms with van der Waals surface area (Å²) < 4.78 is 10.8. The predicted molar refractivity (Wildman–Crippen MR) is 99.1 cm³/mol. The number of furan rings is 1. The minimum absolute atomic E-state index is 0.273. The van der Waals surface area contributed by atoms with E-state index in [0.717, 1.165) is 12.2 Å². The van der Waals surface area contributed by atoms with Crippen molar-refractivity contribution in [2.24, 2.45) is 5.10 Å². The van der Waals surface area contributed by atoms with Crippen LogP contribution in [-0.2, 0) is 0 Å². The Morgan fingerprint density at radius 3 is 2.60 bits per heavy atom. The van der Waals surface area contributed by atoms with E-state index in [0.29, 0.717) is 17.9 Å². The first kappa shape index (κ1) is 18.8. The van der Waals surface area contributed by atoms with Crippen LogP contribution in [0.2, 0.25) is 0 Å². The zero-order chi connectivity index (χ0) is 17.7.